The van der Waals surface area contributed by atoms with Gasteiger partial charge in [0.2, 0.25) is 11.9 Å². The van der Waals surface area contributed by atoms with Crippen LogP contribution >= 0.6 is 0 Å². The monoisotopic (exact) mass is 575 g/mol. The van der Waals surface area contributed by atoms with Crippen LogP contribution in [0, 0.1) is 0 Å². The van der Waals surface area contributed by atoms with Crippen LogP contribution in [0.15, 0.2) is 24.4 Å². The van der Waals surface area contributed by atoms with E-state index < -0.39 is 11.7 Å². The third kappa shape index (κ3) is 7.59. The van der Waals surface area contributed by atoms with Gasteiger partial charge in [-0.3, -0.25) is 4.79 Å². The summed E-state index contributed by atoms with van der Waals surface area (Å²) >= 11 is 0. The first-order valence-electron chi connectivity index (χ1n) is 14.7. The van der Waals surface area contributed by atoms with Crippen molar-refractivity contribution in [3.05, 3.63) is 35.5 Å². The summed E-state index contributed by atoms with van der Waals surface area (Å²) in [7, 11) is 2.13. The van der Waals surface area contributed by atoms with Crippen molar-refractivity contribution in [2.75, 3.05) is 81.6 Å². The number of alkyl halides is 3. The lowest BCUT2D eigenvalue weighted by Crippen LogP contribution is -2.44. The van der Waals surface area contributed by atoms with Gasteiger partial charge in [-0.15, -0.1) is 0 Å². The fraction of sp³-hybridized carbons (Fsp3) is 0.621. The van der Waals surface area contributed by atoms with Crippen molar-refractivity contribution in [3.8, 4) is 0 Å². The molecule has 3 aliphatic rings. The van der Waals surface area contributed by atoms with Crippen LogP contribution in [0.4, 0.5) is 36.3 Å². The quantitative estimate of drug-likeness (QED) is 0.417. The van der Waals surface area contributed by atoms with Crippen LogP contribution in [0.1, 0.15) is 55.6 Å². The second-order valence-corrected chi connectivity index (χ2v) is 11.1. The van der Waals surface area contributed by atoms with Crippen LogP contribution in [-0.2, 0) is 15.7 Å². The summed E-state index contributed by atoms with van der Waals surface area (Å²) in [5.74, 6) is 0.247. The third-order valence-corrected chi connectivity index (χ3v) is 8.25. The molecular weight excluding hydrogens is 535 g/mol. The van der Waals surface area contributed by atoms with Gasteiger partial charge < -0.3 is 30.1 Å². The topological polar surface area (TPSA) is 85.9 Å². The summed E-state index contributed by atoms with van der Waals surface area (Å²) in [4.78, 5) is 26.9. The Bertz CT molecular complexity index is 1180. The van der Waals surface area contributed by atoms with Gasteiger partial charge in [0.05, 0.1) is 19.6 Å². The largest absolute Gasteiger partial charge is 0.421 e. The first-order valence-corrected chi connectivity index (χ1v) is 14.7. The third-order valence-electron chi connectivity index (χ3n) is 8.25. The van der Waals surface area contributed by atoms with E-state index in [4.69, 9.17) is 4.74 Å². The molecule has 41 heavy (non-hydrogen) atoms. The van der Waals surface area contributed by atoms with Crippen LogP contribution in [0.3, 0.4) is 0 Å². The number of amides is 1. The highest BCUT2D eigenvalue weighted by atomic mass is 19.4. The number of hydrogen-bond donors (Lipinski definition) is 2. The predicted octanol–water partition coefficient (Wildman–Crippen LogP) is 4.70. The van der Waals surface area contributed by atoms with Crippen molar-refractivity contribution >= 4 is 29.0 Å². The number of rotatable bonds is 9. The highest BCUT2D eigenvalue weighted by molar-refractivity contribution is 5.76. The van der Waals surface area contributed by atoms with Crippen LogP contribution in [0.5, 0.6) is 0 Å². The van der Waals surface area contributed by atoms with E-state index >= 15 is 0 Å². The normalized spacial score (nSPS) is 19.5. The summed E-state index contributed by atoms with van der Waals surface area (Å²) in [6, 6.07) is 6.32. The molecule has 5 rings (SSSR count). The molecule has 2 saturated heterocycles. The first kappa shape index (κ1) is 29.4. The summed E-state index contributed by atoms with van der Waals surface area (Å²) in [5, 5.41) is 6.09. The highest BCUT2D eigenvalue weighted by Crippen LogP contribution is 2.41. The zero-order chi connectivity index (χ0) is 28.8. The van der Waals surface area contributed by atoms with Crippen molar-refractivity contribution in [1.82, 2.24) is 19.8 Å². The fourth-order valence-electron chi connectivity index (χ4n) is 5.84. The van der Waals surface area contributed by atoms with E-state index in [0.717, 1.165) is 50.9 Å². The number of benzene rings is 1. The minimum absolute atomic E-state index is 0.00344. The number of ether oxygens (including phenoxy) is 1. The minimum Gasteiger partial charge on any atom is -0.379 e. The maximum atomic E-state index is 13.8. The number of nitrogens with zero attached hydrogens (tertiary/aromatic N) is 5. The molecule has 1 amide bonds. The number of likely N-dealkylation sites (N-methyl/N-ethyl adjacent to an activating group) is 1. The number of anilines is 4. The Morgan fingerprint density at radius 3 is 2.61 bits per heavy atom. The molecular formula is C29H40F3N7O2. The molecule has 3 heterocycles. The smallest absolute Gasteiger partial charge is 0.379 e. The van der Waals surface area contributed by atoms with Gasteiger partial charge in [0.15, 0.2) is 0 Å². The SMILES string of the molecule is CN1CCN(c2ccc(Nc3ncc(C(F)(F)F)c(NCCCN4CCOCCC4=O)n3)c(C3CCCC3)c2)CC1. The highest BCUT2D eigenvalue weighted by Gasteiger charge is 2.35. The van der Waals surface area contributed by atoms with E-state index in [-0.39, 0.29) is 24.2 Å². The summed E-state index contributed by atoms with van der Waals surface area (Å²) in [5.41, 5.74) is 2.27. The number of carbonyl (C=O) groups is 1. The van der Waals surface area contributed by atoms with Gasteiger partial charge in [0.25, 0.3) is 0 Å². The Kier molecular flexibility index (Phi) is 9.49. The van der Waals surface area contributed by atoms with Crippen molar-refractivity contribution in [1.29, 1.82) is 0 Å². The summed E-state index contributed by atoms with van der Waals surface area (Å²) in [6.07, 6.45) is 1.56. The molecule has 2 N–H and O–H groups in total. The second kappa shape index (κ2) is 13.2. The van der Waals surface area contributed by atoms with E-state index in [9.17, 15) is 18.0 Å². The Balaban J connectivity index is 1.31. The average Bonchev–Trinajstić information content (AvgIpc) is 3.41. The van der Waals surface area contributed by atoms with E-state index in [1.54, 1.807) is 4.90 Å². The lowest BCUT2D eigenvalue weighted by atomic mass is 9.95. The molecule has 2 aliphatic heterocycles. The molecule has 0 radical (unpaired) electrons. The molecule has 0 unspecified atom stereocenters. The van der Waals surface area contributed by atoms with Gasteiger partial charge in [-0.2, -0.15) is 18.2 Å². The molecule has 0 bridgehead atoms. The van der Waals surface area contributed by atoms with Crippen LogP contribution < -0.4 is 15.5 Å². The number of nitrogens with one attached hydrogen (secondary N) is 2. The van der Waals surface area contributed by atoms with Crippen molar-refractivity contribution < 1.29 is 22.7 Å². The Morgan fingerprint density at radius 2 is 1.85 bits per heavy atom. The number of piperazine rings is 1. The van der Waals surface area contributed by atoms with E-state index in [1.165, 1.54) is 24.1 Å². The van der Waals surface area contributed by atoms with Crippen LogP contribution in [-0.4, -0.2) is 91.7 Å². The molecule has 1 saturated carbocycles. The van der Waals surface area contributed by atoms with Gasteiger partial charge in [-0.25, -0.2) is 4.98 Å². The van der Waals surface area contributed by atoms with Crippen molar-refractivity contribution in [2.45, 2.75) is 50.6 Å². The standard InChI is InChI=1S/C29H40F3N7O2/c1-37-12-14-38(15-13-37)22-7-8-25(23(19-22)21-5-2-3-6-21)35-28-34-20-24(29(30,31)32)27(36-28)33-10-4-11-39-16-18-41-17-9-26(39)40/h7-8,19-21H,2-6,9-18H2,1H3,(H2,33,34,35,36). The van der Waals surface area contributed by atoms with E-state index in [1.807, 2.05) is 6.07 Å². The maximum Gasteiger partial charge on any atom is 0.421 e. The molecule has 3 fully saturated rings. The zero-order valence-corrected chi connectivity index (χ0v) is 23.7. The second-order valence-electron chi connectivity index (χ2n) is 11.1. The van der Waals surface area contributed by atoms with Gasteiger partial charge in [-0.05, 0) is 56.0 Å². The molecule has 1 aromatic heterocycles. The van der Waals surface area contributed by atoms with E-state index in [0.29, 0.717) is 45.1 Å². The molecule has 224 valence electrons. The van der Waals surface area contributed by atoms with Crippen LogP contribution in [0.25, 0.3) is 0 Å². The van der Waals surface area contributed by atoms with Crippen LogP contribution in [0.2, 0.25) is 0 Å². The Morgan fingerprint density at radius 1 is 1.07 bits per heavy atom. The average molecular weight is 576 g/mol. The zero-order valence-electron chi connectivity index (χ0n) is 23.7. The van der Waals surface area contributed by atoms with Crippen molar-refractivity contribution in [3.63, 3.8) is 0 Å². The Hall–Kier alpha value is -3.12. The Labute approximate surface area is 239 Å². The number of halogens is 3. The number of aromatic nitrogens is 2. The molecule has 9 nitrogen and oxygen atoms in total. The van der Waals surface area contributed by atoms with Crippen molar-refractivity contribution in [2.24, 2.45) is 0 Å². The molecule has 2 aromatic rings. The number of carbonyl (C=O) groups excluding carboxylic acids is 1. The predicted molar refractivity (Wildman–Crippen MR) is 153 cm³/mol. The minimum atomic E-state index is -4.60. The molecule has 12 heteroatoms. The molecule has 0 spiro atoms. The van der Waals surface area contributed by atoms with E-state index in [2.05, 4.69) is 49.6 Å². The van der Waals surface area contributed by atoms with Gasteiger partial charge in [0, 0.05) is 63.4 Å². The fourth-order valence-corrected chi connectivity index (χ4v) is 5.84. The summed E-state index contributed by atoms with van der Waals surface area (Å²) < 4.78 is 46.7. The molecule has 1 aromatic carbocycles. The maximum absolute atomic E-state index is 13.8. The number of hydrogen-bond acceptors (Lipinski definition) is 8. The van der Waals surface area contributed by atoms with Gasteiger partial charge >= 0.3 is 6.18 Å². The molecule has 0 atom stereocenters. The lowest BCUT2D eigenvalue weighted by Gasteiger charge is -2.34. The summed E-state index contributed by atoms with van der Waals surface area (Å²) in [6.45, 7) is 5.99. The van der Waals surface area contributed by atoms with Gasteiger partial charge in [0.1, 0.15) is 11.4 Å². The first-order chi connectivity index (χ1) is 19.8. The van der Waals surface area contributed by atoms with Gasteiger partial charge in [-0.1, -0.05) is 12.8 Å². The molecule has 1 aliphatic carbocycles. The lowest BCUT2D eigenvalue weighted by molar-refractivity contribution is -0.137.